The maximum absolute atomic E-state index is 12.2. The number of halogens is 1. The van der Waals surface area contributed by atoms with E-state index in [-0.39, 0.29) is 5.91 Å². The van der Waals surface area contributed by atoms with E-state index in [0.29, 0.717) is 19.5 Å². The van der Waals surface area contributed by atoms with Gasteiger partial charge in [0.25, 0.3) is 0 Å². The molecule has 0 fully saturated rings. The average Bonchev–Trinajstić information content (AvgIpc) is 3.21. The van der Waals surface area contributed by atoms with Gasteiger partial charge in [-0.05, 0) is 35.7 Å². The van der Waals surface area contributed by atoms with Gasteiger partial charge in [-0.25, -0.2) is 4.98 Å². The largest absolute Gasteiger partial charge is 0.349 e. The molecule has 2 heterocycles. The summed E-state index contributed by atoms with van der Waals surface area (Å²) in [5.41, 5.74) is 3.02. The van der Waals surface area contributed by atoms with E-state index in [2.05, 4.69) is 54.0 Å². The molecule has 0 spiro atoms. The van der Waals surface area contributed by atoms with E-state index in [1.165, 1.54) is 5.39 Å². The van der Waals surface area contributed by atoms with Gasteiger partial charge >= 0.3 is 0 Å². The van der Waals surface area contributed by atoms with Crippen molar-refractivity contribution in [3.8, 4) is 0 Å². The van der Waals surface area contributed by atoms with Gasteiger partial charge in [0.05, 0.1) is 17.6 Å². The highest BCUT2D eigenvalue weighted by molar-refractivity contribution is 9.10. The smallest absolute Gasteiger partial charge is 0.222 e. The molecule has 4 rings (SSSR count). The number of fused-ring (bicyclic) bond motifs is 2. The number of H-pyrrole nitrogens is 1. The van der Waals surface area contributed by atoms with E-state index in [4.69, 9.17) is 0 Å². The van der Waals surface area contributed by atoms with Crippen LogP contribution in [0.15, 0.2) is 59.2 Å². The molecule has 0 saturated carbocycles. The summed E-state index contributed by atoms with van der Waals surface area (Å²) in [7, 11) is 0. The summed E-state index contributed by atoms with van der Waals surface area (Å²) >= 11 is 3.49. The monoisotopic (exact) mass is 396 g/mol. The van der Waals surface area contributed by atoms with Crippen LogP contribution in [0.2, 0.25) is 0 Å². The number of nitrogens with one attached hydrogen (secondary N) is 2. The Labute approximate surface area is 153 Å². The van der Waals surface area contributed by atoms with E-state index in [1.54, 1.807) is 0 Å². The zero-order valence-corrected chi connectivity index (χ0v) is 15.1. The lowest BCUT2D eigenvalue weighted by molar-refractivity contribution is -0.121. The number of carbonyl (C=O) groups is 1. The summed E-state index contributed by atoms with van der Waals surface area (Å²) in [6.07, 6.45) is 2.44. The molecule has 0 atom stereocenters. The summed E-state index contributed by atoms with van der Waals surface area (Å²) in [5.74, 6) is 0.780. The van der Waals surface area contributed by atoms with Crippen LogP contribution in [-0.4, -0.2) is 20.4 Å². The van der Waals surface area contributed by atoms with Crippen molar-refractivity contribution in [1.82, 2.24) is 19.9 Å². The van der Waals surface area contributed by atoms with E-state index in [9.17, 15) is 4.79 Å². The van der Waals surface area contributed by atoms with E-state index in [0.717, 1.165) is 26.8 Å². The van der Waals surface area contributed by atoms with Crippen LogP contribution in [0, 0.1) is 0 Å². The number of rotatable bonds is 5. The molecule has 6 heteroatoms. The molecule has 2 aromatic carbocycles. The van der Waals surface area contributed by atoms with Crippen LogP contribution in [0.3, 0.4) is 0 Å². The quantitative estimate of drug-likeness (QED) is 0.535. The predicted molar refractivity (Wildman–Crippen MR) is 102 cm³/mol. The van der Waals surface area contributed by atoms with Crippen LogP contribution < -0.4 is 5.32 Å². The predicted octanol–water partition coefficient (Wildman–Crippen LogP) is 3.99. The van der Waals surface area contributed by atoms with E-state index in [1.807, 2.05) is 36.5 Å². The van der Waals surface area contributed by atoms with Crippen LogP contribution in [0.4, 0.5) is 0 Å². The lowest BCUT2D eigenvalue weighted by Crippen LogP contribution is -2.24. The fraction of sp³-hybridized carbons (Fsp3) is 0.158. The summed E-state index contributed by atoms with van der Waals surface area (Å²) in [6, 6.07) is 16.1. The Morgan fingerprint density at radius 2 is 2.08 bits per heavy atom. The molecule has 0 aliphatic heterocycles. The molecule has 25 heavy (non-hydrogen) atoms. The van der Waals surface area contributed by atoms with Crippen molar-refractivity contribution in [2.45, 2.75) is 19.5 Å². The average molecular weight is 397 g/mol. The lowest BCUT2D eigenvalue weighted by atomic mass is 10.2. The molecule has 126 valence electrons. The van der Waals surface area contributed by atoms with E-state index < -0.39 is 0 Å². The van der Waals surface area contributed by atoms with Crippen molar-refractivity contribution in [1.29, 1.82) is 0 Å². The molecule has 0 unspecified atom stereocenters. The minimum Gasteiger partial charge on any atom is -0.349 e. The minimum absolute atomic E-state index is 0.0114. The highest BCUT2D eigenvalue weighted by Gasteiger charge is 2.07. The van der Waals surface area contributed by atoms with Crippen LogP contribution in [0.5, 0.6) is 0 Å². The fourth-order valence-electron chi connectivity index (χ4n) is 2.93. The van der Waals surface area contributed by atoms with Gasteiger partial charge in [-0.15, -0.1) is 0 Å². The van der Waals surface area contributed by atoms with Crippen molar-refractivity contribution < 1.29 is 4.79 Å². The first-order valence-electron chi connectivity index (χ1n) is 8.14. The maximum Gasteiger partial charge on any atom is 0.222 e. The molecule has 0 aliphatic rings. The second-order valence-electron chi connectivity index (χ2n) is 5.94. The van der Waals surface area contributed by atoms with Crippen molar-refractivity contribution in [3.05, 3.63) is 65.0 Å². The molecule has 0 radical (unpaired) electrons. The van der Waals surface area contributed by atoms with Crippen LogP contribution >= 0.6 is 15.9 Å². The topological polar surface area (TPSA) is 62.7 Å². The summed E-state index contributed by atoms with van der Waals surface area (Å²) in [4.78, 5) is 19.8. The molecule has 4 aromatic rings. The van der Waals surface area contributed by atoms with Gasteiger partial charge in [0.2, 0.25) is 5.91 Å². The van der Waals surface area contributed by atoms with Gasteiger partial charge in [-0.2, -0.15) is 0 Å². The van der Waals surface area contributed by atoms with Gasteiger partial charge < -0.3 is 14.9 Å². The maximum atomic E-state index is 12.2. The summed E-state index contributed by atoms with van der Waals surface area (Å²) in [5, 5.41) is 4.10. The Balaban J connectivity index is 1.36. The molecule has 0 bridgehead atoms. The van der Waals surface area contributed by atoms with Crippen molar-refractivity contribution in [3.63, 3.8) is 0 Å². The number of aromatic nitrogens is 3. The fourth-order valence-corrected chi connectivity index (χ4v) is 3.28. The van der Waals surface area contributed by atoms with Crippen molar-refractivity contribution >= 4 is 43.8 Å². The summed E-state index contributed by atoms with van der Waals surface area (Å²) in [6.45, 7) is 1.05. The van der Waals surface area contributed by atoms with Gasteiger partial charge in [-0.1, -0.05) is 34.1 Å². The highest BCUT2D eigenvalue weighted by atomic mass is 79.9. The van der Waals surface area contributed by atoms with Gasteiger partial charge in [0.1, 0.15) is 5.82 Å². The molecule has 1 amide bonds. The third-order valence-corrected chi connectivity index (χ3v) is 4.70. The standard InChI is InChI=1S/C19H17BrN4O/c20-14-6-5-13-7-9-24(17(13)11-14)10-8-19(25)21-12-18-22-15-3-1-2-4-16(15)23-18/h1-7,9,11H,8,10,12H2,(H,21,25)(H,22,23). The highest BCUT2D eigenvalue weighted by Crippen LogP contribution is 2.21. The first kappa shape index (κ1) is 15.9. The normalized spacial score (nSPS) is 11.2. The lowest BCUT2D eigenvalue weighted by Gasteiger charge is -2.06. The third kappa shape index (κ3) is 3.44. The van der Waals surface area contributed by atoms with Gasteiger partial charge in [-0.3, -0.25) is 4.79 Å². The molecule has 2 N–H and O–H groups in total. The second kappa shape index (κ2) is 6.72. The van der Waals surface area contributed by atoms with Crippen LogP contribution in [0.25, 0.3) is 21.9 Å². The Bertz CT molecular complexity index is 1020. The Kier molecular flexibility index (Phi) is 4.28. The molecular formula is C19H17BrN4O. The number of benzene rings is 2. The number of amides is 1. The number of aromatic amines is 1. The number of hydrogen-bond donors (Lipinski definition) is 2. The molecule has 0 aliphatic carbocycles. The molecule has 0 saturated heterocycles. The van der Waals surface area contributed by atoms with Crippen molar-refractivity contribution in [2.24, 2.45) is 0 Å². The van der Waals surface area contributed by atoms with Gasteiger partial charge in [0.15, 0.2) is 0 Å². The van der Waals surface area contributed by atoms with Crippen LogP contribution in [0.1, 0.15) is 12.2 Å². The number of imidazole rings is 1. The Hall–Kier alpha value is -2.60. The van der Waals surface area contributed by atoms with Crippen molar-refractivity contribution in [2.75, 3.05) is 0 Å². The Morgan fingerprint density at radius 1 is 1.20 bits per heavy atom. The third-order valence-electron chi connectivity index (χ3n) is 4.21. The number of para-hydroxylation sites is 2. The zero-order valence-electron chi connectivity index (χ0n) is 13.5. The first-order chi connectivity index (χ1) is 12.2. The van der Waals surface area contributed by atoms with E-state index >= 15 is 0 Å². The number of carbonyl (C=O) groups excluding carboxylic acids is 1. The molecular weight excluding hydrogens is 380 g/mol. The van der Waals surface area contributed by atoms with Gasteiger partial charge in [0, 0.05) is 29.2 Å². The number of aryl methyl sites for hydroxylation is 1. The minimum atomic E-state index is 0.0114. The Morgan fingerprint density at radius 3 is 2.96 bits per heavy atom. The first-order valence-corrected chi connectivity index (χ1v) is 8.93. The van der Waals surface area contributed by atoms with Crippen LogP contribution in [-0.2, 0) is 17.9 Å². The zero-order chi connectivity index (χ0) is 17.2. The molecule has 2 aromatic heterocycles. The molecule has 5 nitrogen and oxygen atoms in total. The second-order valence-corrected chi connectivity index (χ2v) is 6.86. The summed E-state index contributed by atoms with van der Waals surface area (Å²) < 4.78 is 3.13. The number of hydrogen-bond acceptors (Lipinski definition) is 2. The number of nitrogens with zero attached hydrogens (tertiary/aromatic N) is 2. The SMILES string of the molecule is O=C(CCn1ccc2ccc(Br)cc21)NCc1nc2ccccc2[nH]1.